The summed E-state index contributed by atoms with van der Waals surface area (Å²) in [6, 6.07) is 3.71. The van der Waals surface area contributed by atoms with Crippen LogP contribution in [0.2, 0.25) is 5.02 Å². The highest BCUT2D eigenvalue weighted by Crippen LogP contribution is 2.33. The first kappa shape index (κ1) is 15.7. The van der Waals surface area contributed by atoms with Crippen LogP contribution in [0.3, 0.4) is 0 Å². The van der Waals surface area contributed by atoms with Crippen LogP contribution in [0, 0.1) is 0 Å². The Hall–Kier alpha value is -1.72. The van der Waals surface area contributed by atoms with Crippen LogP contribution in [-0.2, 0) is 22.5 Å². The van der Waals surface area contributed by atoms with E-state index < -0.39 is 0 Å². The number of carbonyl (C=O) groups is 1. The molecule has 1 heterocycles. The van der Waals surface area contributed by atoms with Crippen molar-refractivity contribution in [2.75, 3.05) is 20.8 Å². The van der Waals surface area contributed by atoms with Crippen molar-refractivity contribution in [1.82, 2.24) is 4.57 Å². The minimum atomic E-state index is -0.276. The maximum Gasteiger partial charge on any atom is 0.310 e. The summed E-state index contributed by atoms with van der Waals surface area (Å²) in [4.78, 5) is 11.6. The van der Waals surface area contributed by atoms with Gasteiger partial charge in [-0.15, -0.1) is 0 Å². The Bertz CT molecular complexity index is 652. The van der Waals surface area contributed by atoms with Gasteiger partial charge in [0.25, 0.3) is 0 Å². The molecular weight excluding hydrogens is 292 g/mol. The molecule has 2 N–H and O–H groups in total. The third-order valence-electron chi connectivity index (χ3n) is 3.40. The highest BCUT2D eigenvalue weighted by molar-refractivity contribution is 6.32. The highest BCUT2D eigenvalue weighted by Gasteiger charge is 2.15. The van der Waals surface area contributed by atoms with Crippen LogP contribution in [0.5, 0.6) is 5.75 Å². The molecule has 5 nitrogen and oxygen atoms in total. The standard InChI is InChI=1S/C15H19ClN2O3/c1-20-14-7-11-10(6-15(19)21-2)9-18(5-3-4-17)13(11)8-12(14)16/h7-9H,3-6,17H2,1-2H3. The Morgan fingerprint density at radius 2 is 2.14 bits per heavy atom. The predicted molar refractivity (Wildman–Crippen MR) is 82.9 cm³/mol. The number of nitrogens with zero attached hydrogens (tertiary/aromatic N) is 1. The summed E-state index contributed by atoms with van der Waals surface area (Å²) >= 11 is 6.20. The van der Waals surface area contributed by atoms with Gasteiger partial charge >= 0.3 is 5.97 Å². The lowest BCUT2D eigenvalue weighted by molar-refractivity contribution is -0.139. The van der Waals surface area contributed by atoms with Gasteiger partial charge < -0.3 is 19.8 Å². The molecule has 6 heteroatoms. The number of rotatable bonds is 6. The molecule has 0 aliphatic carbocycles. The van der Waals surface area contributed by atoms with Crippen LogP contribution in [0.15, 0.2) is 18.3 Å². The first-order chi connectivity index (χ1) is 10.1. The number of methoxy groups -OCH3 is 2. The number of fused-ring (bicyclic) bond motifs is 1. The van der Waals surface area contributed by atoms with Crippen LogP contribution >= 0.6 is 11.6 Å². The molecule has 0 bridgehead atoms. The van der Waals surface area contributed by atoms with Gasteiger partial charge in [0, 0.05) is 18.1 Å². The zero-order chi connectivity index (χ0) is 15.4. The molecular formula is C15H19ClN2O3. The van der Waals surface area contributed by atoms with Gasteiger partial charge in [-0.2, -0.15) is 0 Å². The van der Waals surface area contributed by atoms with Crippen LogP contribution in [0.4, 0.5) is 0 Å². The van der Waals surface area contributed by atoms with Gasteiger partial charge in [-0.25, -0.2) is 0 Å². The van der Waals surface area contributed by atoms with Gasteiger partial charge in [-0.3, -0.25) is 4.79 Å². The SMILES string of the molecule is COC(=O)Cc1cn(CCCN)c2cc(Cl)c(OC)cc12. The van der Waals surface area contributed by atoms with Crippen molar-refractivity contribution in [2.24, 2.45) is 5.73 Å². The first-order valence-electron chi connectivity index (χ1n) is 6.72. The lowest BCUT2D eigenvalue weighted by Crippen LogP contribution is -2.05. The molecule has 0 radical (unpaired) electrons. The van der Waals surface area contributed by atoms with Gasteiger partial charge in [-0.1, -0.05) is 11.6 Å². The number of aromatic nitrogens is 1. The first-order valence-corrected chi connectivity index (χ1v) is 7.10. The van der Waals surface area contributed by atoms with E-state index >= 15 is 0 Å². The van der Waals surface area contributed by atoms with Crippen molar-refractivity contribution in [1.29, 1.82) is 0 Å². The molecule has 0 atom stereocenters. The zero-order valence-corrected chi connectivity index (χ0v) is 12.9. The summed E-state index contributed by atoms with van der Waals surface area (Å²) in [6.45, 7) is 1.38. The smallest absolute Gasteiger partial charge is 0.310 e. The minimum Gasteiger partial charge on any atom is -0.495 e. The molecule has 0 saturated heterocycles. The molecule has 0 unspecified atom stereocenters. The summed E-state index contributed by atoms with van der Waals surface area (Å²) in [7, 11) is 2.95. The summed E-state index contributed by atoms with van der Waals surface area (Å²) in [5.74, 6) is 0.314. The van der Waals surface area contributed by atoms with Gasteiger partial charge in [0.15, 0.2) is 0 Å². The average molecular weight is 311 g/mol. The molecule has 0 amide bonds. The fourth-order valence-corrected chi connectivity index (χ4v) is 2.57. The Balaban J connectivity index is 2.53. The van der Waals surface area contributed by atoms with Crippen molar-refractivity contribution in [3.05, 3.63) is 28.9 Å². The normalized spacial score (nSPS) is 10.9. The number of esters is 1. The average Bonchev–Trinajstić information content (AvgIpc) is 2.81. The summed E-state index contributed by atoms with van der Waals surface area (Å²) in [5.41, 5.74) is 7.43. The fraction of sp³-hybridized carbons (Fsp3) is 0.400. The van der Waals surface area contributed by atoms with E-state index in [1.54, 1.807) is 7.11 Å². The molecule has 2 rings (SSSR count). The summed E-state index contributed by atoms with van der Waals surface area (Å²) in [6.07, 6.45) is 3.02. The zero-order valence-electron chi connectivity index (χ0n) is 12.2. The number of carbonyl (C=O) groups excluding carboxylic acids is 1. The topological polar surface area (TPSA) is 66.5 Å². The van der Waals surface area contributed by atoms with Crippen molar-refractivity contribution >= 4 is 28.5 Å². The number of hydrogen-bond donors (Lipinski definition) is 1. The van der Waals surface area contributed by atoms with Crippen LogP contribution in [-0.4, -0.2) is 31.3 Å². The second-order valence-electron chi connectivity index (χ2n) is 4.75. The predicted octanol–water partition coefficient (Wildman–Crippen LogP) is 2.37. The van der Waals surface area contributed by atoms with E-state index in [1.165, 1.54) is 7.11 Å². The molecule has 1 aromatic heterocycles. The maximum atomic E-state index is 11.6. The van der Waals surface area contributed by atoms with Crippen molar-refractivity contribution < 1.29 is 14.3 Å². The van der Waals surface area contributed by atoms with Crippen LogP contribution in [0.25, 0.3) is 10.9 Å². The van der Waals surface area contributed by atoms with E-state index in [1.807, 2.05) is 18.3 Å². The number of hydrogen-bond acceptors (Lipinski definition) is 4. The second kappa shape index (κ2) is 6.83. The Kier molecular flexibility index (Phi) is 5.09. The molecule has 114 valence electrons. The fourth-order valence-electron chi connectivity index (χ4n) is 2.34. The number of ether oxygens (including phenoxy) is 2. The Labute approximate surface area is 128 Å². The molecule has 0 spiro atoms. The number of benzene rings is 1. The largest absolute Gasteiger partial charge is 0.495 e. The van der Waals surface area contributed by atoms with E-state index in [0.29, 0.717) is 17.3 Å². The van der Waals surface area contributed by atoms with Crippen molar-refractivity contribution in [3.63, 3.8) is 0 Å². The molecule has 0 saturated carbocycles. The van der Waals surface area contributed by atoms with Gasteiger partial charge in [0.05, 0.1) is 31.2 Å². The molecule has 0 aliphatic heterocycles. The van der Waals surface area contributed by atoms with E-state index in [0.717, 1.165) is 29.4 Å². The van der Waals surface area contributed by atoms with E-state index in [-0.39, 0.29) is 12.4 Å². The third kappa shape index (κ3) is 3.31. The monoisotopic (exact) mass is 310 g/mol. The maximum absolute atomic E-state index is 11.6. The summed E-state index contributed by atoms with van der Waals surface area (Å²) in [5, 5.41) is 1.49. The Morgan fingerprint density at radius 3 is 2.76 bits per heavy atom. The van der Waals surface area contributed by atoms with Crippen LogP contribution in [0.1, 0.15) is 12.0 Å². The van der Waals surface area contributed by atoms with Crippen molar-refractivity contribution in [2.45, 2.75) is 19.4 Å². The van der Waals surface area contributed by atoms with E-state index in [2.05, 4.69) is 4.57 Å². The second-order valence-corrected chi connectivity index (χ2v) is 5.15. The number of nitrogens with two attached hydrogens (primary N) is 1. The lowest BCUT2D eigenvalue weighted by Gasteiger charge is -2.07. The highest BCUT2D eigenvalue weighted by atomic mass is 35.5. The molecule has 0 aliphatic rings. The van der Waals surface area contributed by atoms with E-state index in [9.17, 15) is 4.79 Å². The summed E-state index contributed by atoms with van der Waals surface area (Å²) < 4.78 is 12.1. The molecule has 1 aromatic carbocycles. The van der Waals surface area contributed by atoms with Gasteiger partial charge in [0.2, 0.25) is 0 Å². The van der Waals surface area contributed by atoms with Crippen LogP contribution < -0.4 is 10.5 Å². The Morgan fingerprint density at radius 1 is 1.38 bits per heavy atom. The molecule has 2 aromatic rings. The third-order valence-corrected chi connectivity index (χ3v) is 3.70. The minimum absolute atomic E-state index is 0.216. The lowest BCUT2D eigenvalue weighted by atomic mass is 10.1. The molecule has 0 fully saturated rings. The number of halogens is 1. The van der Waals surface area contributed by atoms with Gasteiger partial charge in [0.1, 0.15) is 5.75 Å². The number of aryl methyl sites for hydroxylation is 1. The van der Waals surface area contributed by atoms with E-state index in [4.69, 9.17) is 26.8 Å². The molecule has 21 heavy (non-hydrogen) atoms. The van der Waals surface area contributed by atoms with Gasteiger partial charge in [-0.05, 0) is 30.7 Å². The quantitative estimate of drug-likeness (QED) is 0.832. The van der Waals surface area contributed by atoms with Crippen molar-refractivity contribution in [3.8, 4) is 5.75 Å².